The van der Waals surface area contributed by atoms with Crippen molar-refractivity contribution in [2.45, 2.75) is 38.5 Å². The van der Waals surface area contributed by atoms with E-state index in [2.05, 4.69) is 17.9 Å². The minimum atomic E-state index is 0.657. The SMILES string of the molecule is C#CCCCCOc1[c]ccc(OCCCCC#C)c1. The highest BCUT2D eigenvalue weighted by molar-refractivity contribution is 5.31. The number of terminal acetylenes is 2. The number of ether oxygens (including phenoxy) is 2. The first-order valence-corrected chi connectivity index (χ1v) is 7.01. The van der Waals surface area contributed by atoms with E-state index in [-0.39, 0.29) is 0 Å². The van der Waals surface area contributed by atoms with Crippen LogP contribution in [0.3, 0.4) is 0 Å². The van der Waals surface area contributed by atoms with Gasteiger partial charge in [0.25, 0.3) is 0 Å². The van der Waals surface area contributed by atoms with E-state index in [1.54, 1.807) is 0 Å². The van der Waals surface area contributed by atoms with Gasteiger partial charge in [0.15, 0.2) is 0 Å². The Bertz CT molecular complexity index is 412. The first kappa shape index (κ1) is 16.0. The molecule has 0 atom stereocenters. The van der Waals surface area contributed by atoms with Gasteiger partial charge >= 0.3 is 0 Å². The van der Waals surface area contributed by atoms with E-state index < -0.39 is 0 Å². The molecule has 0 N–H and O–H groups in total. The number of benzene rings is 1. The first-order chi connectivity index (χ1) is 9.86. The van der Waals surface area contributed by atoms with E-state index in [1.165, 1.54) is 0 Å². The molecule has 0 amide bonds. The quantitative estimate of drug-likeness (QED) is 0.474. The van der Waals surface area contributed by atoms with Gasteiger partial charge < -0.3 is 9.47 Å². The molecule has 1 aromatic carbocycles. The average molecular weight is 269 g/mol. The van der Waals surface area contributed by atoms with Gasteiger partial charge in [-0.2, -0.15) is 0 Å². The lowest BCUT2D eigenvalue weighted by atomic mass is 10.2. The molecule has 20 heavy (non-hydrogen) atoms. The number of hydrogen-bond acceptors (Lipinski definition) is 2. The third-order valence-electron chi connectivity index (χ3n) is 2.70. The molecule has 0 spiro atoms. The Kier molecular flexibility index (Phi) is 8.66. The molecule has 0 aliphatic carbocycles. The lowest BCUT2D eigenvalue weighted by Gasteiger charge is -2.08. The van der Waals surface area contributed by atoms with Gasteiger partial charge in [0.05, 0.1) is 13.2 Å². The minimum Gasteiger partial charge on any atom is -0.493 e. The van der Waals surface area contributed by atoms with Crippen LogP contribution in [0.15, 0.2) is 18.2 Å². The van der Waals surface area contributed by atoms with Gasteiger partial charge in [-0.1, -0.05) is 0 Å². The molecule has 105 valence electrons. The maximum absolute atomic E-state index is 5.64. The molecule has 0 bridgehead atoms. The summed E-state index contributed by atoms with van der Waals surface area (Å²) in [6.07, 6.45) is 15.9. The molecule has 0 fully saturated rings. The molecule has 0 saturated carbocycles. The normalized spacial score (nSPS) is 9.50. The number of hydrogen-bond donors (Lipinski definition) is 0. The Morgan fingerprint density at radius 1 is 0.950 bits per heavy atom. The molecular formula is C18H21O2. The zero-order valence-corrected chi connectivity index (χ0v) is 11.9. The van der Waals surface area contributed by atoms with Crippen LogP contribution in [-0.4, -0.2) is 13.2 Å². The van der Waals surface area contributed by atoms with Crippen molar-refractivity contribution in [2.24, 2.45) is 0 Å². The van der Waals surface area contributed by atoms with Crippen molar-refractivity contribution < 1.29 is 9.47 Å². The smallest absolute Gasteiger partial charge is 0.130 e. The second-order valence-electron chi connectivity index (χ2n) is 4.41. The molecule has 0 saturated heterocycles. The molecular weight excluding hydrogens is 248 g/mol. The zero-order chi connectivity index (χ0) is 14.5. The van der Waals surface area contributed by atoms with Crippen LogP contribution < -0.4 is 9.47 Å². The van der Waals surface area contributed by atoms with Crippen LogP contribution in [0.1, 0.15) is 38.5 Å². The first-order valence-electron chi connectivity index (χ1n) is 7.01. The van der Waals surface area contributed by atoms with Crippen molar-refractivity contribution in [2.75, 3.05) is 13.2 Å². The van der Waals surface area contributed by atoms with Gasteiger partial charge in [0, 0.05) is 25.0 Å². The summed E-state index contributed by atoms with van der Waals surface area (Å²) in [4.78, 5) is 0. The molecule has 2 heteroatoms. The molecule has 1 rings (SSSR count). The summed E-state index contributed by atoms with van der Waals surface area (Å²) in [6, 6.07) is 8.60. The molecule has 0 unspecified atom stereocenters. The lowest BCUT2D eigenvalue weighted by molar-refractivity contribution is 0.292. The molecule has 0 aliphatic rings. The van der Waals surface area contributed by atoms with Crippen molar-refractivity contribution in [3.8, 4) is 36.2 Å². The highest BCUT2D eigenvalue weighted by Gasteiger charge is 1.98. The third-order valence-corrected chi connectivity index (χ3v) is 2.70. The Morgan fingerprint density at radius 3 is 2.25 bits per heavy atom. The van der Waals surface area contributed by atoms with E-state index >= 15 is 0 Å². The fraction of sp³-hybridized carbons (Fsp3) is 0.444. The highest BCUT2D eigenvalue weighted by Crippen LogP contribution is 2.19. The molecule has 2 nitrogen and oxygen atoms in total. The van der Waals surface area contributed by atoms with Gasteiger partial charge in [-0.3, -0.25) is 0 Å². The van der Waals surface area contributed by atoms with Crippen LogP contribution >= 0.6 is 0 Å². The summed E-state index contributed by atoms with van der Waals surface area (Å²) in [5.74, 6) is 6.76. The summed E-state index contributed by atoms with van der Waals surface area (Å²) < 4.78 is 11.3. The predicted octanol–water partition coefficient (Wildman–Crippen LogP) is 3.85. The van der Waals surface area contributed by atoms with Crippen molar-refractivity contribution in [1.82, 2.24) is 0 Å². The second-order valence-corrected chi connectivity index (χ2v) is 4.41. The van der Waals surface area contributed by atoms with E-state index in [0.29, 0.717) is 19.0 Å². The topological polar surface area (TPSA) is 18.5 Å². The maximum Gasteiger partial charge on any atom is 0.130 e. The molecule has 1 radical (unpaired) electrons. The molecule has 1 aromatic rings. The van der Waals surface area contributed by atoms with Crippen molar-refractivity contribution >= 4 is 0 Å². The van der Waals surface area contributed by atoms with Crippen LogP contribution in [0.4, 0.5) is 0 Å². The Labute approximate surface area is 122 Å². The van der Waals surface area contributed by atoms with Crippen LogP contribution in [0.2, 0.25) is 0 Å². The summed E-state index contributed by atoms with van der Waals surface area (Å²) >= 11 is 0. The fourth-order valence-electron chi connectivity index (χ4n) is 1.63. The standard InChI is InChI=1S/C18H21O2/c1-3-5-7-9-14-19-17-12-11-13-18(16-17)20-15-10-8-6-4-2/h1-2,11-12,16H,5-10,14-15H2. The van der Waals surface area contributed by atoms with E-state index in [1.807, 2.05) is 18.2 Å². The van der Waals surface area contributed by atoms with Crippen LogP contribution in [0.25, 0.3) is 0 Å². The fourth-order valence-corrected chi connectivity index (χ4v) is 1.63. The zero-order valence-electron chi connectivity index (χ0n) is 11.9. The van der Waals surface area contributed by atoms with Gasteiger partial charge in [0.1, 0.15) is 11.5 Å². The van der Waals surface area contributed by atoms with Crippen molar-refractivity contribution in [3.63, 3.8) is 0 Å². The van der Waals surface area contributed by atoms with Gasteiger partial charge in [-0.25, -0.2) is 0 Å². The largest absolute Gasteiger partial charge is 0.493 e. The second kappa shape index (κ2) is 10.8. The highest BCUT2D eigenvalue weighted by atomic mass is 16.5. The van der Waals surface area contributed by atoms with Gasteiger partial charge in [-0.15, -0.1) is 24.7 Å². The van der Waals surface area contributed by atoms with E-state index in [0.717, 1.165) is 44.3 Å². The summed E-state index contributed by atoms with van der Waals surface area (Å²) in [6.45, 7) is 1.33. The Hall–Kier alpha value is -2.06. The summed E-state index contributed by atoms with van der Waals surface area (Å²) in [7, 11) is 0. The summed E-state index contributed by atoms with van der Waals surface area (Å²) in [5, 5.41) is 0. The average Bonchev–Trinajstić information content (AvgIpc) is 2.47. The molecule has 0 aliphatic heterocycles. The maximum atomic E-state index is 5.64. The lowest BCUT2D eigenvalue weighted by Crippen LogP contribution is -1.99. The Morgan fingerprint density at radius 2 is 1.60 bits per heavy atom. The van der Waals surface area contributed by atoms with Crippen molar-refractivity contribution in [1.29, 1.82) is 0 Å². The Balaban J connectivity index is 2.23. The van der Waals surface area contributed by atoms with Crippen molar-refractivity contribution in [3.05, 3.63) is 24.3 Å². The third kappa shape index (κ3) is 7.39. The van der Waals surface area contributed by atoms with E-state index in [9.17, 15) is 0 Å². The minimum absolute atomic E-state index is 0.657. The number of unbranched alkanes of at least 4 members (excludes halogenated alkanes) is 4. The monoisotopic (exact) mass is 269 g/mol. The molecule has 0 heterocycles. The predicted molar refractivity (Wildman–Crippen MR) is 81.6 cm³/mol. The molecule has 0 aromatic heterocycles. The van der Waals surface area contributed by atoms with Crippen LogP contribution in [-0.2, 0) is 0 Å². The van der Waals surface area contributed by atoms with Crippen LogP contribution in [0, 0.1) is 30.8 Å². The van der Waals surface area contributed by atoms with Crippen LogP contribution in [0.5, 0.6) is 11.5 Å². The van der Waals surface area contributed by atoms with E-state index in [4.69, 9.17) is 22.3 Å². The van der Waals surface area contributed by atoms with Gasteiger partial charge in [-0.05, 0) is 37.8 Å². The number of rotatable bonds is 10. The van der Waals surface area contributed by atoms with Gasteiger partial charge in [0.2, 0.25) is 0 Å². The summed E-state index contributed by atoms with van der Waals surface area (Å²) in [5.41, 5.74) is 0.